The summed E-state index contributed by atoms with van der Waals surface area (Å²) in [5, 5.41) is 1.04. The first-order valence-electron chi connectivity index (χ1n) is 15.6. The lowest BCUT2D eigenvalue weighted by Crippen LogP contribution is -1.95. The minimum absolute atomic E-state index is 0.720. The topological polar surface area (TPSA) is 25.8 Å². The van der Waals surface area contributed by atoms with Crippen LogP contribution < -0.4 is 0 Å². The van der Waals surface area contributed by atoms with Crippen molar-refractivity contribution in [1.29, 1.82) is 0 Å². The highest BCUT2D eigenvalue weighted by Crippen LogP contribution is 2.33. The van der Waals surface area contributed by atoms with Gasteiger partial charge in [0.1, 0.15) is 0 Å². The van der Waals surface area contributed by atoms with Gasteiger partial charge in [-0.25, -0.2) is 9.97 Å². The largest absolute Gasteiger partial charge is 0.228 e. The van der Waals surface area contributed by atoms with Crippen LogP contribution in [0, 0.1) is 0 Å². The van der Waals surface area contributed by atoms with Crippen molar-refractivity contribution in [2.75, 3.05) is 0 Å². The van der Waals surface area contributed by atoms with Crippen molar-refractivity contribution < 1.29 is 0 Å². The van der Waals surface area contributed by atoms with Gasteiger partial charge in [-0.15, -0.1) is 0 Å². The fraction of sp³-hybridized carbons (Fsp3) is 0. The predicted molar refractivity (Wildman–Crippen MR) is 192 cm³/mol. The molecule has 0 spiro atoms. The minimum atomic E-state index is 0.720. The molecule has 0 atom stereocenters. The maximum Gasteiger partial charge on any atom is 0.160 e. The van der Waals surface area contributed by atoms with Crippen molar-refractivity contribution in [3.63, 3.8) is 0 Å². The molecule has 0 aliphatic rings. The van der Waals surface area contributed by atoms with Gasteiger partial charge >= 0.3 is 0 Å². The third kappa shape index (κ3) is 5.49. The monoisotopic (exact) mass is 586 g/mol. The molecule has 216 valence electrons. The van der Waals surface area contributed by atoms with Gasteiger partial charge in [0.25, 0.3) is 0 Å². The first kappa shape index (κ1) is 27.4. The molecule has 0 radical (unpaired) electrons. The van der Waals surface area contributed by atoms with E-state index in [9.17, 15) is 0 Å². The fourth-order valence-corrected chi connectivity index (χ4v) is 6.08. The van der Waals surface area contributed by atoms with Crippen LogP contribution in [0.15, 0.2) is 182 Å². The zero-order chi connectivity index (χ0) is 30.7. The molecule has 0 saturated carbocycles. The minimum Gasteiger partial charge on any atom is -0.228 e. The lowest BCUT2D eigenvalue weighted by Gasteiger charge is -2.11. The second-order valence-electron chi connectivity index (χ2n) is 11.5. The number of benzene rings is 7. The second kappa shape index (κ2) is 12.1. The summed E-state index contributed by atoms with van der Waals surface area (Å²) in [5.41, 5.74) is 13.5. The lowest BCUT2D eigenvalue weighted by atomic mass is 9.97. The molecule has 2 heteroatoms. The zero-order valence-electron chi connectivity index (χ0n) is 25.2. The van der Waals surface area contributed by atoms with E-state index in [1.807, 2.05) is 12.1 Å². The maximum atomic E-state index is 5.14. The van der Waals surface area contributed by atoms with Crippen LogP contribution in [0.3, 0.4) is 0 Å². The van der Waals surface area contributed by atoms with Crippen LogP contribution in [0.25, 0.3) is 78.1 Å². The van der Waals surface area contributed by atoms with E-state index in [-0.39, 0.29) is 0 Å². The summed E-state index contributed by atoms with van der Waals surface area (Å²) in [6, 6.07) is 64.0. The van der Waals surface area contributed by atoms with Gasteiger partial charge in [0.15, 0.2) is 5.82 Å². The Morgan fingerprint density at radius 3 is 1.17 bits per heavy atom. The van der Waals surface area contributed by atoms with Crippen molar-refractivity contribution in [3.05, 3.63) is 182 Å². The van der Waals surface area contributed by atoms with Crippen LogP contribution in [-0.2, 0) is 0 Å². The standard InChI is InChI=1S/C44H30N2/c1-3-11-31(12-4-1)37-15-9-17-39(29-37)33-21-25-35(26-22-33)43-41-19-7-8-20-42(41)45-44(46-43)36-27-23-34(24-28-36)40-18-10-16-38(30-40)32-13-5-2-6-14-32/h1-30H. The lowest BCUT2D eigenvalue weighted by molar-refractivity contribution is 1.23. The second-order valence-corrected chi connectivity index (χ2v) is 11.5. The molecule has 0 aliphatic heterocycles. The Kier molecular flexibility index (Phi) is 7.22. The van der Waals surface area contributed by atoms with E-state index >= 15 is 0 Å². The SMILES string of the molecule is c1ccc(-c2cccc(-c3ccc(-c4nc(-c5ccc(-c6cccc(-c7ccccc7)c6)cc5)c5ccccc5n4)cc3)c2)cc1. The molecular weight excluding hydrogens is 556 g/mol. The van der Waals surface area contributed by atoms with Gasteiger partial charge in [0.2, 0.25) is 0 Å². The number of para-hydroxylation sites is 1. The summed E-state index contributed by atoms with van der Waals surface area (Å²) in [7, 11) is 0. The van der Waals surface area contributed by atoms with Crippen molar-refractivity contribution in [3.8, 4) is 67.2 Å². The molecule has 0 saturated heterocycles. The molecule has 0 unspecified atom stereocenters. The van der Waals surface area contributed by atoms with E-state index in [2.05, 4.69) is 170 Å². The molecule has 2 nitrogen and oxygen atoms in total. The molecular formula is C44H30N2. The van der Waals surface area contributed by atoms with Crippen molar-refractivity contribution >= 4 is 10.9 Å². The summed E-state index contributed by atoms with van der Waals surface area (Å²) in [4.78, 5) is 10.1. The Morgan fingerprint density at radius 2 is 0.652 bits per heavy atom. The molecule has 46 heavy (non-hydrogen) atoms. The number of nitrogens with zero attached hydrogens (tertiary/aromatic N) is 2. The third-order valence-corrected chi connectivity index (χ3v) is 8.51. The van der Waals surface area contributed by atoms with E-state index in [0.29, 0.717) is 0 Å². The summed E-state index contributed by atoms with van der Waals surface area (Å²) < 4.78 is 0. The number of hydrogen-bond donors (Lipinski definition) is 0. The average Bonchev–Trinajstić information content (AvgIpc) is 3.15. The first-order valence-corrected chi connectivity index (χ1v) is 15.6. The van der Waals surface area contributed by atoms with E-state index in [0.717, 1.165) is 39.1 Å². The Labute approximate surface area is 269 Å². The summed E-state index contributed by atoms with van der Waals surface area (Å²) in [5.74, 6) is 0.720. The van der Waals surface area contributed by atoms with Crippen LogP contribution in [0.4, 0.5) is 0 Å². The Hall–Kier alpha value is -6.12. The van der Waals surface area contributed by atoms with Gasteiger partial charge in [-0.2, -0.15) is 0 Å². The highest BCUT2D eigenvalue weighted by atomic mass is 14.9. The van der Waals surface area contributed by atoms with Gasteiger partial charge in [0.05, 0.1) is 11.2 Å². The average molecular weight is 587 g/mol. The van der Waals surface area contributed by atoms with Crippen LogP contribution in [-0.4, -0.2) is 9.97 Å². The molecule has 1 aromatic heterocycles. The third-order valence-electron chi connectivity index (χ3n) is 8.51. The van der Waals surface area contributed by atoms with E-state index in [4.69, 9.17) is 9.97 Å². The molecule has 0 bridgehead atoms. The smallest absolute Gasteiger partial charge is 0.160 e. The Balaban J connectivity index is 1.12. The molecule has 7 aromatic carbocycles. The maximum absolute atomic E-state index is 5.14. The molecule has 0 N–H and O–H groups in total. The molecule has 0 amide bonds. The number of aromatic nitrogens is 2. The van der Waals surface area contributed by atoms with Gasteiger partial charge in [-0.05, 0) is 62.7 Å². The first-order chi connectivity index (χ1) is 22.8. The number of hydrogen-bond acceptors (Lipinski definition) is 2. The van der Waals surface area contributed by atoms with Gasteiger partial charge < -0.3 is 0 Å². The predicted octanol–water partition coefficient (Wildman–Crippen LogP) is 11.6. The zero-order valence-corrected chi connectivity index (χ0v) is 25.2. The van der Waals surface area contributed by atoms with E-state index in [1.165, 1.54) is 38.9 Å². The highest BCUT2D eigenvalue weighted by Gasteiger charge is 2.12. The van der Waals surface area contributed by atoms with Crippen molar-refractivity contribution in [1.82, 2.24) is 9.97 Å². The summed E-state index contributed by atoms with van der Waals surface area (Å²) in [6.45, 7) is 0. The van der Waals surface area contributed by atoms with Gasteiger partial charge in [-0.1, -0.05) is 164 Å². The van der Waals surface area contributed by atoms with Crippen LogP contribution in [0.5, 0.6) is 0 Å². The quantitative estimate of drug-likeness (QED) is 0.194. The molecule has 8 aromatic rings. The summed E-state index contributed by atoms with van der Waals surface area (Å²) >= 11 is 0. The Morgan fingerprint density at radius 1 is 0.261 bits per heavy atom. The van der Waals surface area contributed by atoms with E-state index in [1.54, 1.807) is 0 Å². The van der Waals surface area contributed by atoms with Crippen LogP contribution in [0.1, 0.15) is 0 Å². The number of rotatable bonds is 6. The molecule has 0 fully saturated rings. The van der Waals surface area contributed by atoms with Crippen LogP contribution in [0.2, 0.25) is 0 Å². The van der Waals surface area contributed by atoms with Gasteiger partial charge in [0, 0.05) is 16.5 Å². The molecule has 1 heterocycles. The molecule has 8 rings (SSSR count). The number of fused-ring (bicyclic) bond motifs is 1. The summed E-state index contributed by atoms with van der Waals surface area (Å²) in [6.07, 6.45) is 0. The van der Waals surface area contributed by atoms with Gasteiger partial charge in [-0.3, -0.25) is 0 Å². The highest BCUT2D eigenvalue weighted by molar-refractivity contribution is 5.94. The Bertz CT molecular complexity index is 2270. The van der Waals surface area contributed by atoms with Crippen molar-refractivity contribution in [2.45, 2.75) is 0 Å². The fourth-order valence-electron chi connectivity index (χ4n) is 6.08. The molecule has 0 aliphatic carbocycles. The normalized spacial score (nSPS) is 11.0. The van der Waals surface area contributed by atoms with E-state index < -0.39 is 0 Å². The van der Waals surface area contributed by atoms with Crippen molar-refractivity contribution in [2.24, 2.45) is 0 Å². The van der Waals surface area contributed by atoms with Crippen LogP contribution >= 0.6 is 0 Å².